The molecule has 33 heavy (non-hydrogen) atoms. The van der Waals surface area contributed by atoms with E-state index in [-0.39, 0.29) is 27.9 Å². The predicted octanol–water partition coefficient (Wildman–Crippen LogP) is 5.49. The summed E-state index contributed by atoms with van der Waals surface area (Å²) in [7, 11) is 2.83. The summed E-state index contributed by atoms with van der Waals surface area (Å²) in [6, 6.07) is 4.75. The number of halogens is 2. The second kappa shape index (κ2) is 12.3. The van der Waals surface area contributed by atoms with Crippen molar-refractivity contribution in [3.8, 4) is 23.0 Å². The normalized spacial score (nSPS) is 11.7. The monoisotopic (exact) mass is 497 g/mol. The van der Waals surface area contributed by atoms with Gasteiger partial charge in [0.15, 0.2) is 17.3 Å². The number of hydrogen-bond donors (Lipinski definition) is 1. The third kappa shape index (κ3) is 6.49. The summed E-state index contributed by atoms with van der Waals surface area (Å²) in [6.07, 6.45) is 0. The summed E-state index contributed by atoms with van der Waals surface area (Å²) >= 11 is 12.4. The highest BCUT2D eigenvalue weighted by atomic mass is 35.5. The summed E-state index contributed by atoms with van der Waals surface area (Å²) in [4.78, 5) is 25.1. The molecule has 0 aliphatic carbocycles. The number of rotatable bonds is 11. The molecule has 2 aromatic carbocycles. The number of ether oxygens (including phenoxy) is 4. The van der Waals surface area contributed by atoms with Crippen molar-refractivity contribution in [3.05, 3.63) is 34.3 Å². The Bertz CT molecular complexity index is 1050. The lowest BCUT2D eigenvalue weighted by Gasteiger charge is -2.16. The van der Waals surface area contributed by atoms with Gasteiger partial charge in [-0.15, -0.1) is 0 Å². The molecule has 0 aliphatic heterocycles. The van der Waals surface area contributed by atoms with E-state index in [1.54, 1.807) is 19.1 Å². The smallest absolute Gasteiger partial charge is 0.258 e. The van der Waals surface area contributed by atoms with Crippen LogP contribution in [0.5, 0.6) is 23.0 Å². The minimum atomic E-state index is -1.45. The fourth-order valence-corrected chi connectivity index (χ4v) is 3.30. The van der Waals surface area contributed by atoms with E-state index in [9.17, 15) is 9.59 Å². The zero-order chi connectivity index (χ0) is 24.5. The second-order valence-corrected chi connectivity index (χ2v) is 7.31. The maximum atomic E-state index is 12.9. The summed E-state index contributed by atoms with van der Waals surface area (Å²) in [6.45, 7) is 5.60. The van der Waals surface area contributed by atoms with Crippen molar-refractivity contribution in [1.82, 2.24) is 0 Å². The number of Topliss-reactive ketones (excluding diaryl/α,β-unsaturated/α-hetero) is 1. The first-order chi connectivity index (χ1) is 15.8. The van der Waals surface area contributed by atoms with Crippen molar-refractivity contribution in [3.63, 3.8) is 0 Å². The van der Waals surface area contributed by atoms with Gasteiger partial charge in [-0.05, 0) is 32.9 Å². The van der Waals surface area contributed by atoms with Gasteiger partial charge in [0, 0.05) is 12.1 Å². The maximum absolute atomic E-state index is 12.9. The number of anilines is 1. The molecule has 0 spiro atoms. The van der Waals surface area contributed by atoms with Crippen LogP contribution in [0.2, 0.25) is 10.0 Å². The Morgan fingerprint density at radius 1 is 1.00 bits per heavy atom. The van der Waals surface area contributed by atoms with Crippen LogP contribution in [0.4, 0.5) is 11.4 Å². The molecule has 2 aromatic rings. The maximum Gasteiger partial charge on any atom is 0.258 e. The largest absolute Gasteiger partial charge is 0.494 e. The van der Waals surface area contributed by atoms with E-state index >= 15 is 0 Å². The predicted molar refractivity (Wildman–Crippen MR) is 126 cm³/mol. The Hall–Kier alpha value is -3.04. The van der Waals surface area contributed by atoms with Gasteiger partial charge < -0.3 is 24.3 Å². The van der Waals surface area contributed by atoms with Crippen LogP contribution >= 0.6 is 23.2 Å². The Balaban J connectivity index is 2.37. The highest BCUT2D eigenvalue weighted by Gasteiger charge is 2.26. The Morgan fingerprint density at radius 2 is 1.67 bits per heavy atom. The van der Waals surface area contributed by atoms with E-state index < -0.39 is 17.7 Å². The SMILES string of the molecule is CCOc1cc(Cl)c(NC(=O)C(N=Nc2ccc(Cl)c(OC)c2OC)C(C)=O)c(OCC)c1. The van der Waals surface area contributed by atoms with Crippen molar-refractivity contribution in [1.29, 1.82) is 0 Å². The molecule has 0 radical (unpaired) electrons. The van der Waals surface area contributed by atoms with Crippen LogP contribution in [-0.2, 0) is 9.59 Å². The average molecular weight is 498 g/mol. The molecule has 1 atom stereocenters. The van der Waals surface area contributed by atoms with Crippen LogP contribution in [0.25, 0.3) is 0 Å². The van der Waals surface area contributed by atoms with Gasteiger partial charge in [-0.2, -0.15) is 10.2 Å². The zero-order valence-corrected chi connectivity index (χ0v) is 20.4. The highest BCUT2D eigenvalue weighted by Crippen LogP contribution is 2.42. The van der Waals surface area contributed by atoms with Crippen LogP contribution in [0.1, 0.15) is 20.8 Å². The number of nitrogens with one attached hydrogen (secondary N) is 1. The molecule has 0 aliphatic rings. The third-order valence-electron chi connectivity index (χ3n) is 4.25. The van der Waals surface area contributed by atoms with Gasteiger partial charge in [-0.1, -0.05) is 23.2 Å². The third-order valence-corrected chi connectivity index (χ3v) is 4.85. The summed E-state index contributed by atoms with van der Waals surface area (Å²) in [5.41, 5.74) is 0.422. The Kier molecular flexibility index (Phi) is 9.74. The summed E-state index contributed by atoms with van der Waals surface area (Å²) in [5.74, 6) is -0.0263. The van der Waals surface area contributed by atoms with Crippen molar-refractivity contribution in [2.24, 2.45) is 10.2 Å². The average Bonchev–Trinajstić information content (AvgIpc) is 2.77. The Morgan fingerprint density at radius 3 is 2.24 bits per heavy atom. The van der Waals surface area contributed by atoms with Crippen LogP contribution < -0.4 is 24.3 Å². The Labute approximate surface area is 202 Å². The molecule has 11 heteroatoms. The quantitative estimate of drug-likeness (QED) is 0.324. The fraction of sp³-hybridized carbons (Fsp3) is 0.364. The van der Waals surface area contributed by atoms with Crippen LogP contribution in [0, 0.1) is 0 Å². The van der Waals surface area contributed by atoms with Gasteiger partial charge in [0.1, 0.15) is 22.9 Å². The lowest BCUT2D eigenvalue weighted by atomic mass is 10.2. The van der Waals surface area contributed by atoms with E-state index in [4.69, 9.17) is 42.1 Å². The zero-order valence-electron chi connectivity index (χ0n) is 18.9. The molecular weight excluding hydrogens is 473 g/mol. The summed E-state index contributed by atoms with van der Waals surface area (Å²) < 4.78 is 21.6. The molecule has 1 unspecified atom stereocenters. The molecule has 1 N–H and O–H groups in total. The number of nitrogens with zero attached hydrogens (tertiary/aromatic N) is 2. The number of hydrogen-bond acceptors (Lipinski definition) is 8. The molecule has 0 saturated carbocycles. The topological polar surface area (TPSA) is 108 Å². The molecule has 0 fully saturated rings. The molecular formula is C22H25Cl2N3O6. The van der Waals surface area contributed by atoms with Crippen molar-refractivity contribution in [2.45, 2.75) is 26.8 Å². The number of amides is 1. The number of carbonyl (C=O) groups is 2. The van der Waals surface area contributed by atoms with Crippen LogP contribution in [-0.4, -0.2) is 45.2 Å². The molecule has 0 bridgehead atoms. The molecule has 2 rings (SSSR count). The summed E-state index contributed by atoms with van der Waals surface area (Å²) in [5, 5.41) is 11.1. The lowest BCUT2D eigenvalue weighted by molar-refractivity contribution is -0.126. The minimum absolute atomic E-state index is 0.182. The molecule has 178 valence electrons. The van der Waals surface area contributed by atoms with Crippen LogP contribution in [0.15, 0.2) is 34.5 Å². The number of ketones is 1. The van der Waals surface area contributed by atoms with Gasteiger partial charge in [-0.25, -0.2) is 0 Å². The highest BCUT2D eigenvalue weighted by molar-refractivity contribution is 6.34. The lowest BCUT2D eigenvalue weighted by Crippen LogP contribution is -2.32. The van der Waals surface area contributed by atoms with Crippen molar-refractivity contribution < 1.29 is 28.5 Å². The van der Waals surface area contributed by atoms with E-state index in [2.05, 4.69) is 15.5 Å². The first-order valence-electron chi connectivity index (χ1n) is 9.99. The first kappa shape index (κ1) is 26.2. The fourth-order valence-electron chi connectivity index (χ4n) is 2.82. The molecule has 9 nitrogen and oxygen atoms in total. The van der Waals surface area contributed by atoms with Gasteiger partial charge in [0.2, 0.25) is 6.04 Å². The van der Waals surface area contributed by atoms with Gasteiger partial charge in [0.25, 0.3) is 5.91 Å². The van der Waals surface area contributed by atoms with E-state index in [1.807, 2.05) is 6.92 Å². The number of methoxy groups -OCH3 is 2. The molecule has 0 saturated heterocycles. The van der Waals surface area contributed by atoms with Crippen molar-refractivity contribution >= 4 is 46.3 Å². The number of carbonyl (C=O) groups excluding carboxylic acids is 2. The minimum Gasteiger partial charge on any atom is -0.494 e. The molecule has 0 heterocycles. The molecule has 1 amide bonds. The van der Waals surface area contributed by atoms with Crippen LogP contribution in [0.3, 0.4) is 0 Å². The molecule has 0 aromatic heterocycles. The second-order valence-electron chi connectivity index (χ2n) is 6.50. The van der Waals surface area contributed by atoms with E-state index in [0.717, 1.165) is 0 Å². The van der Waals surface area contributed by atoms with Gasteiger partial charge in [-0.3, -0.25) is 9.59 Å². The number of azo groups is 1. The van der Waals surface area contributed by atoms with Gasteiger partial charge >= 0.3 is 0 Å². The van der Waals surface area contributed by atoms with E-state index in [1.165, 1.54) is 33.3 Å². The first-order valence-corrected chi connectivity index (χ1v) is 10.7. The standard InChI is InChI=1S/C22H25Cl2N3O6/c1-6-32-13-10-15(24)19(17(11-13)33-7-2)25-22(29)18(12(3)28)27-26-16-9-8-14(23)20(30-4)21(16)31-5/h8-11,18H,6-7H2,1-5H3,(H,25,29). The number of benzene rings is 2. The van der Waals surface area contributed by atoms with Crippen molar-refractivity contribution in [2.75, 3.05) is 32.8 Å². The van der Waals surface area contributed by atoms with Gasteiger partial charge in [0.05, 0.1) is 37.5 Å². The van der Waals surface area contributed by atoms with E-state index in [0.29, 0.717) is 29.7 Å².